The minimum Gasteiger partial charge on any atom is -0.282 e. The van der Waals surface area contributed by atoms with Crippen molar-refractivity contribution in [2.75, 3.05) is 0 Å². The molecule has 0 atom stereocenters. The number of rotatable bonds is 3. The first-order valence-corrected chi connectivity index (χ1v) is 6.58. The summed E-state index contributed by atoms with van der Waals surface area (Å²) in [7, 11) is 0. The Balaban J connectivity index is 2.03. The van der Waals surface area contributed by atoms with Crippen LogP contribution in [-0.4, -0.2) is 5.27 Å². The third-order valence-corrected chi connectivity index (χ3v) is 3.63. The smallest absolute Gasteiger partial charge is 0.282 e. The van der Waals surface area contributed by atoms with E-state index in [-0.39, 0.29) is 5.63 Å². The van der Waals surface area contributed by atoms with Crippen LogP contribution < -0.4 is 10.3 Å². The molecule has 0 saturated heterocycles. The van der Waals surface area contributed by atoms with Crippen LogP contribution in [0.5, 0.6) is 0 Å². The summed E-state index contributed by atoms with van der Waals surface area (Å²) in [4.78, 5) is 12.8. The van der Waals surface area contributed by atoms with Gasteiger partial charge in [-0.25, -0.2) is 4.79 Å². The van der Waals surface area contributed by atoms with E-state index in [0.29, 0.717) is 5.03 Å². The van der Waals surface area contributed by atoms with Crippen molar-refractivity contribution in [3.8, 4) is 5.69 Å². The molecule has 0 aliphatic heterocycles. The zero-order chi connectivity index (χ0) is 13.1. The van der Waals surface area contributed by atoms with Gasteiger partial charge in [0, 0.05) is 17.0 Å². The summed E-state index contributed by atoms with van der Waals surface area (Å²) < 4.78 is 6.52. The molecule has 0 aliphatic carbocycles. The maximum atomic E-state index is 11.8. The second-order valence-corrected chi connectivity index (χ2v) is 4.93. The molecule has 0 aliphatic rings. The summed E-state index contributed by atoms with van der Waals surface area (Å²) in [6, 6.07) is 19.3. The fraction of sp³-hybridized carbons (Fsp3) is 0. The van der Waals surface area contributed by atoms with Gasteiger partial charge in [0.1, 0.15) is 0 Å². The molecule has 0 saturated carbocycles. The maximum absolute atomic E-state index is 11.8. The molecule has 0 amide bonds. The Morgan fingerprint density at radius 2 is 1.58 bits per heavy atom. The Morgan fingerprint density at radius 1 is 0.947 bits per heavy atom. The Kier molecular flexibility index (Phi) is 3.20. The quantitative estimate of drug-likeness (QED) is 0.744. The lowest BCUT2D eigenvalue weighted by Crippen LogP contribution is -2.35. The molecule has 1 N–H and O–H groups in total. The van der Waals surface area contributed by atoms with Crippen molar-refractivity contribution in [1.29, 1.82) is 0 Å². The van der Waals surface area contributed by atoms with Crippen LogP contribution in [0.2, 0.25) is 0 Å². The van der Waals surface area contributed by atoms with Crippen LogP contribution in [0.1, 0.15) is 0 Å². The normalized spacial score (nSPS) is 10.5. The average molecular weight is 271 g/mol. The van der Waals surface area contributed by atoms with Gasteiger partial charge < -0.3 is 0 Å². The summed E-state index contributed by atoms with van der Waals surface area (Å²) in [5.74, 6) is 0. The standard InChI is InChI=1S/C14H10N2O2S/c17-14-13(19-12-9-5-2-6-10-12)16(15-18-14)11-7-3-1-4-8-11/h1-10H/p+1. The number of aromatic nitrogens is 2. The average Bonchev–Trinajstić information content (AvgIpc) is 2.82. The van der Waals surface area contributed by atoms with Gasteiger partial charge >= 0.3 is 10.7 Å². The lowest BCUT2D eigenvalue weighted by Gasteiger charge is -1.94. The first-order valence-electron chi connectivity index (χ1n) is 5.76. The predicted octanol–water partition coefficient (Wildman–Crippen LogP) is 2.40. The molecular weight excluding hydrogens is 260 g/mol. The van der Waals surface area contributed by atoms with E-state index in [1.165, 1.54) is 11.8 Å². The molecule has 1 heterocycles. The lowest BCUT2D eigenvalue weighted by atomic mass is 10.3. The van der Waals surface area contributed by atoms with Gasteiger partial charge in [-0.05, 0) is 33.8 Å². The number of benzene rings is 2. The van der Waals surface area contributed by atoms with Gasteiger partial charge in [-0.2, -0.15) is 0 Å². The molecule has 3 rings (SSSR count). The zero-order valence-electron chi connectivity index (χ0n) is 9.95. The van der Waals surface area contributed by atoms with Crippen LogP contribution in [0, 0.1) is 0 Å². The van der Waals surface area contributed by atoms with Crippen LogP contribution in [0.4, 0.5) is 0 Å². The molecule has 0 spiro atoms. The van der Waals surface area contributed by atoms with E-state index in [9.17, 15) is 4.79 Å². The van der Waals surface area contributed by atoms with Gasteiger partial charge in [-0.15, -0.1) is 0 Å². The van der Waals surface area contributed by atoms with E-state index in [2.05, 4.69) is 5.27 Å². The minimum atomic E-state index is -0.377. The third-order valence-electron chi connectivity index (χ3n) is 2.58. The van der Waals surface area contributed by atoms with Crippen molar-refractivity contribution in [2.45, 2.75) is 9.92 Å². The molecule has 0 unspecified atom stereocenters. The Hall–Kier alpha value is -2.27. The van der Waals surface area contributed by atoms with Gasteiger partial charge in [-0.1, -0.05) is 36.4 Å². The second-order valence-electron chi connectivity index (χ2n) is 3.87. The zero-order valence-corrected chi connectivity index (χ0v) is 10.8. The second kappa shape index (κ2) is 5.16. The van der Waals surface area contributed by atoms with Crippen LogP contribution in [0.15, 0.2) is 79.9 Å². The first-order chi connectivity index (χ1) is 9.34. The fourth-order valence-electron chi connectivity index (χ4n) is 1.70. The Bertz CT molecular complexity index is 720. The topological polar surface area (TPSA) is 49.9 Å². The molecule has 2 aromatic carbocycles. The van der Waals surface area contributed by atoms with E-state index in [1.54, 1.807) is 4.68 Å². The van der Waals surface area contributed by atoms with Gasteiger partial charge in [0.25, 0.3) is 0 Å². The first kappa shape index (κ1) is 11.8. The molecule has 0 fully saturated rings. The van der Waals surface area contributed by atoms with Gasteiger partial charge in [0.2, 0.25) is 5.69 Å². The van der Waals surface area contributed by atoms with Crippen molar-refractivity contribution in [1.82, 2.24) is 5.27 Å². The number of para-hydroxylation sites is 1. The Labute approximate surface area is 113 Å². The van der Waals surface area contributed by atoms with Gasteiger partial charge in [0.05, 0.1) is 0 Å². The van der Waals surface area contributed by atoms with Crippen LogP contribution in [0.25, 0.3) is 5.69 Å². The van der Waals surface area contributed by atoms with Gasteiger partial charge in [-0.3, -0.25) is 4.52 Å². The number of hydrogen-bond acceptors (Lipinski definition) is 3. The van der Waals surface area contributed by atoms with Crippen molar-refractivity contribution in [3.63, 3.8) is 0 Å². The minimum absolute atomic E-state index is 0.377. The highest BCUT2D eigenvalue weighted by Gasteiger charge is 2.24. The van der Waals surface area contributed by atoms with Crippen LogP contribution in [-0.2, 0) is 0 Å². The van der Waals surface area contributed by atoms with Crippen molar-refractivity contribution < 1.29 is 9.20 Å². The third kappa shape index (κ3) is 2.46. The number of H-pyrrole nitrogens is 1. The van der Waals surface area contributed by atoms with E-state index in [1.807, 2.05) is 60.7 Å². The molecule has 1 aromatic heterocycles. The highest BCUT2D eigenvalue weighted by molar-refractivity contribution is 7.99. The van der Waals surface area contributed by atoms with Crippen molar-refractivity contribution in [2.24, 2.45) is 0 Å². The van der Waals surface area contributed by atoms with E-state index >= 15 is 0 Å². The summed E-state index contributed by atoms with van der Waals surface area (Å²) in [5, 5.41) is 3.12. The number of hydrogen-bond donors (Lipinski definition) is 1. The summed E-state index contributed by atoms with van der Waals surface area (Å²) in [6.07, 6.45) is 0. The maximum Gasteiger partial charge on any atom is 0.442 e. The molecule has 94 valence electrons. The number of aromatic amines is 1. The van der Waals surface area contributed by atoms with E-state index < -0.39 is 0 Å². The summed E-state index contributed by atoms with van der Waals surface area (Å²) in [5.41, 5.74) is 0.476. The van der Waals surface area contributed by atoms with Crippen molar-refractivity contribution in [3.05, 3.63) is 71.1 Å². The molecular formula is C14H11N2O2S+. The van der Waals surface area contributed by atoms with E-state index in [4.69, 9.17) is 4.52 Å². The number of nitrogens with one attached hydrogen (secondary N) is 1. The largest absolute Gasteiger partial charge is 0.442 e. The lowest BCUT2D eigenvalue weighted by molar-refractivity contribution is -0.704. The molecule has 19 heavy (non-hydrogen) atoms. The number of nitrogens with zero attached hydrogens (tertiary/aromatic N) is 1. The summed E-state index contributed by atoms with van der Waals surface area (Å²) in [6.45, 7) is 0. The van der Waals surface area contributed by atoms with Gasteiger partial charge in [0.15, 0.2) is 0 Å². The molecule has 4 nitrogen and oxygen atoms in total. The molecule has 5 heteroatoms. The van der Waals surface area contributed by atoms with Crippen LogP contribution in [0.3, 0.4) is 0 Å². The molecule has 3 aromatic rings. The SMILES string of the molecule is O=c1o[nH][n+](-c2ccccc2)c1Sc1ccccc1. The van der Waals surface area contributed by atoms with E-state index in [0.717, 1.165) is 10.6 Å². The summed E-state index contributed by atoms with van der Waals surface area (Å²) >= 11 is 1.37. The highest BCUT2D eigenvalue weighted by Crippen LogP contribution is 2.22. The highest BCUT2D eigenvalue weighted by atomic mass is 32.2. The van der Waals surface area contributed by atoms with Crippen molar-refractivity contribution >= 4 is 11.8 Å². The molecule has 0 bridgehead atoms. The monoisotopic (exact) mass is 271 g/mol. The molecule has 0 radical (unpaired) electrons. The predicted molar refractivity (Wildman–Crippen MR) is 71.4 cm³/mol. The van der Waals surface area contributed by atoms with Crippen LogP contribution >= 0.6 is 11.8 Å². The Morgan fingerprint density at radius 3 is 2.26 bits per heavy atom. The fourth-order valence-corrected chi connectivity index (χ4v) is 2.57.